The van der Waals surface area contributed by atoms with Crippen LogP contribution in [0.3, 0.4) is 0 Å². The molecule has 96 valence electrons. The Hall–Kier alpha value is -1.63. The number of thiazole rings is 1. The van der Waals surface area contributed by atoms with Gasteiger partial charge in [0.1, 0.15) is 0 Å². The number of anilines is 2. The van der Waals surface area contributed by atoms with Gasteiger partial charge in [-0.25, -0.2) is 4.98 Å². The Kier molecular flexibility index (Phi) is 3.14. The normalized spacial score (nSPS) is 10.8. The maximum atomic E-state index is 12.0. The van der Waals surface area contributed by atoms with E-state index in [1.165, 1.54) is 22.7 Å². The topological polar surface area (TPSA) is 68.0 Å². The largest absolute Gasteiger partial charge is 0.399 e. The third-order valence-electron chi connectivity index (χ3n) is 2.43. The van der Waals surface area contributed by atoms with Crippen LogP contribution >= 0.6 is 34.3 Å². The van der Waals surface area contributed by atoms with Gasteiger partial charge in [-0.2, -0.15) is 0 Å². The summed E-state index contributed by atoms with van der Waals surface area (Å²) in [7, 11) is 0. The van der Waals surface area contributed by atoms with Crippen molar-refractivity contribution >= 4 is 61.2 Å². The summed E-state index contributed by atoms with van der Waals surface area (Å²) >= 11 is 8.43. The van der Waals surface area contributed by atoms with E-state index in [0.717, 1.165) is 10.2 Å². The predicted molar refractivity (Wildman–Crippen MR) is 81.3 cm³/mol. The van der Waals surface area contributed by atoms with Crippen LogP contribution in [0, 0.1) is 0 Å². The van der Waals surface area contributed by atoms with Crippen molar-refractivity contribution in [2.24, 2.45) is 0 Å². The van der Waals surface area contributed by atoms with Gasteiger partial charge in [0.2, 0.25) is 0 Å². The zero-order valence-corrected chi connectivity index (χ0v) is 11.9. The van der Waals surface area contributed by atoms with Crippen LogP contribution in [0.15, 0.2) is 30.3 Å². The van der Waals surface area contributed by atoms with E-state index in [4.69, 9.17) is 17.3 Å². The first-order valence-electron chi connectivity index (χ1n) is 5.34. The first-order chi connectivity index (χ1) is 9.11. The summed E-state index contributed by atoms with van der Waals surface area (Å²) in [4.78, 5) is 16.8. The van der Waals surface area contributed by atoms with Gasteiger partial charge in [-0.3, -0.25) is 10.1 Å². The number of hydrogen-bond donors (Lipinski definition) is 2. The molecule has 3 N–H and O–H groups in total. The van der Waals surface area contributed by atoms with E-state index in [-0.39, 0.29) is 5.91 Å². The number of nitrogens with zero attached hydrogens (tertiary/aromatic N) is 1. The van der Waals surface area contributed by atoms with E-state index in [0.29, 0.717) is 20.0 Å². The van der Waals surface area contributed by atoms with Crippen LogP contribution in [-0.4, -0.2) is 10.9 Å². The van der Waals surface area contributed by atoms with E-state index in [1.54, 1.807) is 18.2 Å². The lowest BCUT2D eigenvalue weighted by atomic mass is 10.3. The van der Waals surface area contributed by atoms with Gasteiger partial charge in [0, 0.05) is 5.69 Å². The standard InChI is InChI=1S/C12H8ClN3OS2/c13-10-4-3-8(18-10)11(17)16-12-15-7-2-1-6(14)5-9(7)19-12/h1-5H,14H2,(H,15,16,17). The van der Waals surface area contributed by atoms with Crippen molar-refractivity contribution in [2.75, 3.05) is 11.1 Å². The summed E-state index contributed by atoms with van der Waals surface area (Å²) in [5.41, 5.74) is 7.20. The van der Waals surface area contributed by atoms with Gasteiger partial charge in [0.05, 0.1) is 19.4 Å². The molecule has 0 aliphatic carbocycles. The van der Waals surface area contributed by atoms with Gasteiger partial charge in [-0.05, 0) is 30.3 Å². The average Bonchev–Trinajstić information content (AvgIpc) is 2.94. The molecule has 4 nitrogen and oxygen atoms in total. The number of nitrogen functional groups attached to an aromatic ring is 1. The third kappa shape index (κ3) is 2.56. The molecule has 0 spiro atoms. The summed E-state index contributed by atoms with van der Waals surface area (Å²) in [5.74, 6) is -0.205. The highest BCUT2D eigenvalue weighted by Crippen LogP contribution is 2.28. The number of carbonyl (C=O) groups excluding carboxylic acids is 1. The fraction of sp³-hybridized carbons (Fsp3) is 0. The number of carbonyl (C=O) groups is 1. The fourth-order valence-electron chi connectivity index (χ4n) is 1.59. The molecule has 19 heavy (non-hydrogen) atoms. The molecule has 0 aliphatic rings. The minimum atomic E-state index is -0.205. The monoisotopic (exact) mass is 309 g/mol. The molecule has 0 aliphatic heterocycles. The van der Waals surface area contributed by atoms with Crippen LogP contribution < -0.4 is 11.1 Å². The number of benzene rings is 1. The highest BCUT2D eigenvalue weighted by molar-refractivity contribution is 7.22. The van der Waals surface area contributed by atoms with Crippen LogP contribution in [0.25, 0.3) is 10.2 Å². The second-order valence-electron chi connectivity index (χ2n) is 3.80. The molecule has 2 aromatic heterocycles. The smallest absolute Gasteiger partial charge is 0.267 e. The van der Waals surface area contributed by atoms with E-state index < -0.39 is 0 Å². The van der Waals surface area contributed by atoms with Crippen LogP contribution in [0.1, 0.15) is 9.67 Å². The summed E-state index contributed by atoms with van der Waals surface area (Å²) in [6.07, 6.45) is 0. The number of nitrogens with two attached hydrogens (primary N) is 1. The second-order valence-corrected chi connectivity index (χ2v) is 6.55. The molecule has 0 saturated heterocycles. The van der Waals surface area contributed by atoms with Crippen molar-refractivity contribution in [2.45, 2.75) is 0 Å². The molecule has 1 aromatic carbocycles. The Morgan fingerprint density at radius 2 is 2.11 bits per heavy atom. The summed E-state index contributed by atoms with van der Waals surface area (Å²) < 4.78 is 1.53. The quantitative estimate of drug-likeness (QED) is 0.707. The molecule has 7 heteroatoms. The maximum Gasteiger partial charge on any atom is 0.267 e. The lowest BCUT2D eigenvalue weighted by Gasteiger charge is -1.96. The Labute approximate surface area is 121 Å². The van der Waals surface area contributed by atoms with Crippen LogP contribution in [0.2, 0.25) is 4.34 Å². The Bertz CT molecular complexity index is 765. The molecule has 2 heterocycles. The number of aromatic nitrogens is 1. The van der Waals surface area contributed by atoms with E-state index in [2.05, 4.69) is 10.3 Å². The summed E-state index contributed by atoms with van der Waals surface area (Å²) in [6, 6.07) is 8.84. The molecule has 3 rings (SSSR count). The summed E-state index contributed by atoms with van der Waals surface area (Å²) in [6.45, 7) is 0. The molecule has 0 saturated carbocycles. The van der Waals surface area contributed by atoms with E-state index >= 15 is 0 Å². The van der Waals surface area contributed by atoms with Crippen molar-refractivity contribution in [3.05, 3.63) is 39.5 Å². The number of rotatable bonds is 2. The number of amides is 1. The summed E-state index contributed by atoms with van der Waals surface area (Å²) in [5, 5.41) is 3.31. The van der Waals surface area contributed by atoms with Gasteiger partial charge in [-0.15, -0.1) is 11.3 Å². The highest BCUT2D eigenvalue weighted by atomic mass is 35.5. The fourth-order valence-corrected chi connectivity index (χ4v) is 3.44. The van der Waals surface area contributed by atoms with Gasteiger partial charge in [-0.1, -0.05) is 22.9 Å². The molecule has 0 atom stereocenters. The first-order valence-corrected chi connectivity index (χ1v) is 7.36. The van der Waals surface area contributed by atoms with Crippen molar-refractivity contribution in [3.8, 4) is 0 Å². The molecular formula is C12H8ClN3OS2. The Morgan fingerprint density at radius 3 is 2.84 bits per heavy atom. The number of thiophene rings is 1. The molecule has 0 radical (unpaired) electrons. The van der Waals surface area contributed by atoms with Crippen LogP contribution in [0.4, 0.5) is 10.8 Å². The van der Waals surface area contributed by atoms with Gasteiger partial charge >= 0.3 is 0 Å². The SMILES string of the molecule is Nc1ccc2nc(NC(=O)c3ccc(Cl)s3)sc2c1. The number of fused-ring (bicyclic) bond motifs is 1. The average molecular weight is 310 g/mol. The van der Waals surface area contributed by atoms with Crippen LogP contribution in [-0.2, 0) is 0 Å². The predicted octanol–water partition coefficient (Wildman–Crippen LogP) is 3.85. The van der Waals surface area contributed by atoms with Gasteiger partial charge in [0.25, 0.3) is 5.91 Å². The Balaban J connectivity index is 1.87. The molecule has 0 unspecified atom stereocenters. The molecule has 0 fully saturated rings. The third-order valence-corrected chi connectivity index (χ3v) is 4.59. The van der Waals surface area contributed by atoms with Crippen molar-refractivity contribution < 1.29 is 4.79 Å². The lowest BCUT2D eigenvalue weighted by Crippen LogP contribution is -2.09. The number of halogens is 1. The second kappa shape index (κ2) is 4.80. The zero-order chi connectivity index (χ0) is 13.4. The van der Waals surface area contributed by atoms with Crippen LogP contribution in [0.5, 0.6) is 0 Å². The maximum absolute atomic E-state index is 12.0. The van der Waals surface area contributed by atoms with Gasteiger partial charge < -0.3 is 5.73 Å². The first kappa shape index (κ1) is 12.4. The van der Waals surface area contributed by atoms with E-state index in [9.17, 15) is 4.79 Å². The highest BCUT2D eigenvalue weighted by Gasteiger charge is 2.11. The zero-order valence-electron chi connectivity index (χ0n) is 9.51. The van der Waals surface area contributed by atoms with E-state index in [1.807, 2.05) is 12.1 Å². The molecule has 3 aromatic rings. The van der Waals surface area contributed by atoms with Crippen molar-refractivity contribution in [1.29, 1.82) is 0 Å². The molecular weight excluding hydrogens is 302 g/mol. The number of hydrogen-bond acceptors (Lipinski definition) is 5. The van der Waals surface area contributed by atoms with Gasteiger partial charge in [0.15, 0.2) is 5.13 Å². The Morgan fingerprint density at radius 1 is 1.26 bits per heavy atom. The minimum absolute atomic E-state index is 0.205. The van der Waals surface area contributed by atoms with Crippen molar-refractivity contribution in [3.63, 3.8) is 0 Å². The van der Waals surface area contributed by atoms with Crippen molar-refractivity contribution in [1.82, 2.24) is 4.98 Å². The minimum Gasteiger partial charge on any atom is -0.399 e. The number of nitrogens with one attached hydrogen (secondary N) is 1. The lowest BCUT2D eigenvalue weighted by molar-refractivity contribution is 0.103. The molecule has 0 bridgehead atoms. The molecule has 1 amide bonds.